The summed E-state index contributed by atoms with van der Waals surface area (Å²) in [5.74, 6) is 0. The molecule has 0 radical (unpaired) electrons. The molecule has 0 fully saturated rings. The third-order valence-electron chi connectivity index (χ3n) is 15.1. The van der Waals surface area contributed by atoms with E-state index in [1.54, 1.807) is 0 Å². The Morgan fingerprint density at radius 1 is 0.282 bits per heavy atom. The number of hydrogen-bond acceptors (Lipinski definition) is 4. The first-order valence-electron chi connectivity index (χ1n) is 24.3. The van der Waals surface area contributed by atoms with Crippen LogP contribution >= 0.6 is 22.7 Å². The number of fused-ring (bicyclic) bond motifs is 14. The molecule has 1 spiro atoms. The Kier molecular flexibility index (Phi) is 8.95. The molecule has 4 heterocycles. The summed E-state index contributed by atoms with van der Waals surface area (Å²) < 4.78 is 5.29. The molecule has 0 N–H and O–H groups in total. The summed E-state index contributed by atoms with van der Waals surface area (Å²) >= 11 is 3.75. The predicted octanol–water partition coefficient (Wildman–Crippen LogP) is 19.4. The number of nitrogens with zero attached hydrogens (tertiary/aromatic N) is 2. The van der Waals surface area contributed by atoms with Crippen molar-refractivity contribution in [2.24, 2.45) is 0 Å². The van der Waals surface area contributed by atoms with Gasteiger partial charge >= 0.3 is 0 Å². The number of para-hydroxylation sites is 3. The second kappa shape index (κ2) is 15.7. The van der Waals surface area contributed by atoms with E-state index in [4.69, 9.17) is 0 Å². The Morgan fingerprint density at radius 2 is 0.746 bits per heavy atom. The second-order valence-corrected chi connectivity index (χ2v) is 20.9. The van der Waals surface area contributed by atoms with E-state index >= 15 is 0 Å². The van der Waals surface area contributed by atoms with Gasteiger partial charge in [0.2, 0.25) is 0 Å². The Morgan fingerprint density at radius 3 is 1.39 bits per heavy atom. The maximum Gasteiger partial charge on any atom is 0.0783 e. The summed E-state index contributed by atoms with van der Waals surface area (Å²) in [4.78, 5) is 4.99. The van der Waals surface area contributed by atoms with Gasteiger partial charge in [0.15, 0.2) is 0 Å². The van der Waals surface area contributed by atoms with Gasteiger partial charge in [-0.25, -0.2) is 0 Å². The van der Waals surface area contributed by atoms with Gasteiger partial charge in [-0.05, 0) is 128 Å². The lowest BCUT2D eigenvalue weighted by atomic mass is 9.60. The van der Waals surface area contributed by atoms with E-state index in [-0.39, 0.29) is 0 Å². The van der Waals surface area contributed by atoms with Gasteiger partial charge in [-0.15, -0.1) is 22.7 Å². The molecule has 2 nitrogen and oxygen atoms in total. The monoisotopic (exact) mass is 938 g/mol. The Bertz CT molecular complexity index is 4190. The van der Waals surface area contributed by atoms with Crippen molar-refractivity contribution in [3.8, 4) is 33.4 Å². The van der Waals surface area contributed by atoms with Crippen molar-refractivity contribution in [2.45, 2.75) is 5.41 Å². The number of hydrogen-bond donors (Lipinski definition) is 0. The zero-order valence-electron chi connectivity index (χ0n) is 38.5. The average molecular weight is 939 g/mol. The van der Waals surface area contributed by atoms with E-state index in [2.05, 4.69) is 265 Å². The van der Waals surface area contributed by atoms with Crippen LogP contribution in [0.3, 0.4) is 0 Å². The van der Waals surface area contributed by atoms with Gasteiger partial charge in [0.05, 0.1) is 28.2 Å². The number of anilines is 6. The van der Waals surface area contributed by atoms with Crippen LogP contribution in [0.1, 0.15) is 22.3 Å². The lowest BCUT2D eigenvalue weighted by Gasteiger charge is -2.51. The third kappa shape index (κ3) is 5.93. The Hall–Kier alpha value is -8.54. The first kappa shape index (κ1) is 40.4. The SMILES string of the molecule is c1ccc(-c2ccc3c(c2)C2(c4ccccc4N(c4ccc(-c5cccc6c5sc5ccccc56)cc4)c4ccccc42)c2ccccc2N3c2ccc(-c3cccc4sc5ccccc5c34)cc2)cc1. The second-order valence-electron chi connectivity index (χ2n) is 18.7. The normalized spacial score (nSPS) is 13.4. The van der Waals surface area contributed by atoms with Crippen molar-refractivity contribution in [1.82, 2.24) is 0 Å². The van der Waals surface area contributed by atoms with E-state index in [1.165, 1.54) is 119 Å². The van der Waals surface area contributed by atoms with Crippen LogP contribution in [0.5, 0.6) is 0 Å². The maximum absolute atomic E-state index is 2.50. The van der Waals surface area contributed by atoms with Crippen molar-refractivity contribution in [1.29, 1.82) is 0 Å². The van der Waals surface area contributed by atoms with Crippen LogP contribution in [0.15, 0.2) is 255 Å². The largest absolute Gasteiger partial charge is 0.310 e. The van der Waals surface area contributed by atoms with Gasteiger partial charge in [-0.2, -0.15) is 0 Å². The van der Waals surface area contributed by atoms with Crippen molar-refractivity contribution < 1.29 is 0 Å². The molecule has 0 unspecified atom stereocenters. The highest BCUT2D eigenvalue weighted by Crippen LogP contribution is 2.64. The van der Waals surface area contributed by atoms with Crippen LogP contribution in [-0.4, -0.2) is 0 Å². The quantitative estimate of drug-likeness (QED) is 0.170. The van der Waals surface area contributed by atoms with Crippen molar-refractivity contribution in [3.63, 3.8) is 0 Å². The highest BCUT2D eigenvalue weighted by molar-refractivity contribution is 7.26. The van der Waals surface area contributed by atoms with Crippen LogP contribution < -0.4 is 9.80 Å². The van der Waals surface area contributed by atoms with E-state index in [0.29, 0.717) is 0 Å². The lowest BCUT2D eigenvalue weighted by Crippen LogP contribution is -2.42. The lowest BCUT2D eigenvalue weighted by molar-refractivity contribution is 0.719. The topological polar surface area (TPSA) is 6.48 Å². The first-order chi connectivity index (χ1) is 35.2. The van der Waals surface area contributed by atoms with Crippen LogP contribution in [0.25, 0.3) is 73.7 Å². The molecule has 0 aliphatic carbocycles. The number of benzene rings is 11. The molecule has 0 saturated heterocycles. The van der Waals surface area contributed by atoms with Crippen LogP contribution in [0.4, 0.5) is 34.1 Å². The molecule has 2 aliphatic rings. The molecule has 2 aliphatic heterocycles. The minimum atomic E-state index is -0.663. The predicted molar refractivity (Wildman–Crippen MR) is 303 cm³/mol. The summed E-state index contributed by atoms with van der Waals surface area (Å²) in [6.07, 6.45) is 0. The van der Waals surface area contributed by atoms with Crippen molar-refractivity contribution in [3.05, 3.63) is 277 Å². The summed E-state index contributed by atoms with van der Waals surface area (Å²) in [5, 5.41) is 5.28. The fourth-order valence-electron chi connectivity index (χ4n) is 12.1. The summed E-state index contributed by atoms with van der Waals surface area (Å²) in [5.41, 5.74) is 18.6. The standard InChI is InChI=1S/C67H42N2S2/c1-2-16-43(17-3-1)46-36-41-61-57(42-46)67(56-25-8-11-28-60(56)69(61)48-37-32-44(33-38-48)49-20-15-31-64-65(49)53-19-5-13-30-63(53)70-64)54-23-6-9-26-58(54)68(59-27-10-7-24-55(59)67)47-39-34-45(35-40-47)50-21-14-22-52-51-18-4-12-29-62(51)71-66(50)52/h1-42H. The highest BCUT2D eigenvalue weighted by atomic mass is 32.1. The molecule has 0 saturated carbocycles. The van der Waals surface area contributed by atoms with Gasteiger partial charge in [-0.1, -0.05) is 182 Å². The van der Waals surface area contributed by atoms with Gasteiger partial charge in [0.25, 0.3) is 0 Å². The molecular weight excluding hydrogens is 897 g/mol. The zero-order chi connectivity index (χ0) is 46.6. The molecule has 332 valence electrons. The fraction of sp³-hybridized carbons (Fsp3) is 0.0149. The number of thiophene rings is 2. The molecular formula is C67H42N2S2. The minimum absolute atomic E-state index is 0.663. The molecule has 0 bridgehead atoms. The molecule has 13 aromatic rings. The molecule has 4 heteroatoms. The van der Waals surface area contributed by atoms with Gasteiger partial charge in [0, 0.05) is 51.7 Å². The summed E-state index contributed by atoms with van der Waals surface area (Å²) in [6, 6.07) is 95.0. The van der Waals surface area contributed by atoms with E-state index < -0.39 is 5.41 Å². The van der Waals surface area contributed by atoms with E-state index in [0.717, 1.165) is 11.4 Å². The molecule has 0 atom stereocenters. The molecule has 0 amide bonds. The molecule has 15 rings (SSSR count). The average Bonchev–Trinajstić information content (AvgIpc) is 4.03. The Balaban J connectivity index is 0.917. The van der Waals surface area contributed by atoms with Crippen LogP contribution in [0, 0.1) is 0 Å². The van der Waals surface area contributed by atoms with Gasteiger partial charge < -0.3 is 9.80 Å². The van der Waals surface area contributed by atoms with Gasteiger partial charge in [-0.3, -0.25) is 0 Å². The molecule has 2 aromatic heterocycles. The third-order valence-corrected chi connectivity index (χ3v) is 17.4. The molecule has 11 aromatic carbocycles. The van der Waals surface area contributed by atoms with E-state index in [9.17, 15) is 0 Å². The number of rotatable bonds is 5. The molecule has 71 heavy (non-hydrogen) atoms. The van der Waals surface area contributed by atoms with Crippen LogP contribution in [-0.2, 0) is 5.41 Å². The van der Waals surface area contributed by atoms with Gasteiger partial charge in [0.1, 0.15) is 0 Å². The Labute approximate surface area is 420 Å². The maximum atomic E-state index is 2.50. The van der Waals surface area contributed by atoms with Crippen LogP contribution in [0.2, 0.25) is 0 Å². The summed E-state index contributed by atoms with van der Waals surface area (Å²) in [7, 11) is 0. The van der Waals surface area contributed by atoms with Crippen molar-refractivity contribution in [2.75, 3.05) is 9.80 Å². The summed E-state index contributed by atoms with van der Waals surface area (Å²) in [6.45, 7) is 0. The van der Waals surface area contributed by atoms with E-state index in [1.807, 2.05) is 22.7 Å². The minimum Gasteiger partial charge on any atom is -0.310 e. The fourth-order valence-corrected chi connectivity index (χ4v) is 14.4. The highest BCUT2D eigenvalue weighted by Gasteiger charge is 2.52. The zero-order valence-corrected chi connectivity index (χ0v) is 40.1. The smallest absolute Gasteiger partial charge is 0.0783 e. The first-order valence-corrected chi connectivity index (χ1v) is 26.0. The van der Waals surface area contributed by atoms with Crippen molar-refractivity contribution >= 4 is 97.1 Å².